The second-order valence-electron chi connectivity index (χ2n) is 6.94. The van der Waals surface area contributed by atoms with E-state index in [-0.39, 0.29) is 5.91 Å². The molecule has 1 aliphatic heterocycles. The SMILES string of the molecule is CCC.Nc1cccc2c(NC(=O)c3ccc(N4CCCS4=O)cc3)cccc12. The summed E-state index contributed by atoms with van der Waals surface area (Å²) < 4.78 is 13.8. The van der Waals surface area contributed by atoms with Crippen LogP contribution in [-0.2, 0) is 11.0 Å². The van der Waals surface area contributed by atoms with E-state index in [9.17, 15) is 9.00 Å². The Hall–Kier alpha value is -2.86. The van der Waals surface area contributed by atoms with E-state index in [1.165, 1.54) is 6.42 Å². The van der Waals surface area contributed by atoms with Crippen LogP contribution in [0.25, 0.3) is 10.8 Å². The average Bonchev–Trinajstić information content (AvgIpc) is 3.15. The standard InChI is InChI=1S/C20H19N3O2S.C3H8/c21-18-6-1-5-17-16(18)4-2-7-19(17)22-20(24)14-8-10-15(11-9-14)23-12-3-13-26(23)25;1-3-2/h1-2,4-11H,3,12-13,21H2,(H,22,24);3H2,1-2H3. The number of carbonyl (C=O) groups excluding carboxylic acids is 1. The monoisotopic (exact) mass is 409 g/mol. The van der Waals surface area contributed by atoms with Crippen molar-refractivity contribution in [2.75, 3.05) is 27.7 Å². The van der Waals surface area contributed by atoms with Gasteiger partial charge in [-0.25, -0.2) is 4.21 Å². The van der Waals surface area contributed by atoms with Gasteiger partial charge in [0, 0.05) is 45.7 Å². The highest BCUT2D eigenvalue weighted by Crippen LogP contribution is 2.28. The van der Waals surface area contributed by atoms with Crippen molar-refractivity contribution < 1.29 is 9.00 Å². The highest BCUT2D eigenvalue weighted by atomic mass is 32.2. The maximum Gasteiger partial charge on any atom is 0.255 e. The van der Waals surface area contributed by atoms with Crippen molar-refractivity contribution in [2.45, 2.75) is 26.7 Å². The molecule has 6 heteroatoms. The Morgan fingerprint density at radius 3 is 2.34 bits per heavy atom. The summed E-state index contributed by atoms with van der Waals surface area (Å²) in [5.74, 6) is 0.515. The molecule has 0 radical (unpaired) electrons. The number of fused-ring (bicyclic) bond motifs is 1. The van der Waals surface area contributed by atoms with Gasteiger partial charge in [0.1, 0.15) is 11.0 Å². The summed E-state index contributed by atoms with van der Waals surface area (Å²) in [6.07, 6.45) is 2.18. The minimum atomic E-state index is -0.957. The van der Waals surface area contributed by atoms with Crippen molar-refractivity contribution >= 4 is 44.7 Å². The van der Waals surface area contributed by atoms with Crippen LogP contribution in [0.5, 0.6) is 0 Å². The first-order valence-corrected chi connectivity index (χ1v) is 11.2. The van der Waals surface area contributed by atoms with Crippen LogP contribution in [0.4, 0.5) is 17.1 Å². The van der Waals surface area contributed by atoms with Crippen LogP contribution >= 0.6 is 0 Å². The van der Waals surface area contributed by atoms with Crippen LogP contribution in [0.2, 0.25) is 0 Å². The Labute approximate surface area is 174 Å². The third-order valence-corrected chi connectivity index (χ3v) is 6.07. The fourth-order valence-corrected chi connectivity index (χ4v) is 4.49. The van der Waals surface area contributed by atoms with E-state index < -0.39 is 11.0 Å². The van der Waals surface area contributed by atoms with E-state index in [0.29, 0.717) is 17.0 Å². The molecule has 0 saturated carbocycles. The zero-order chi connectivity index (χ0) is 20.8. The first-order chi connectivity index (χ1) is 14.0. The third kappa shape index (κ3) is 4.77. The summed E-state index contributed by atoms with van der Waals surface area (Å²) in [4.78, 5) is 12.6. The van der Waals surface area contributed by atoms with Crippen molar-refractivity contribution in [3.8, 4) is 0 Å². The zero-order valence-corrected chi connectivity index (χ0v) is 17.7. The molecule has 3 aromatic carbocycles. The Kier molecular flexibility index (Phi) is 6.88. The van der Waals surface area contributed by atoms with Crippen molar-refractivity contribution in [2.24, 2.45) is 0 Å². The number of hydrogen-bond acceptors (Lipinski definition) is 3. The van der Waals surface area contributed by atoms with Crippen LogP contribution in [-0.4, -0.2) is 22.4 Å². The van der Waals surface area contributed by atoms with Gasteiger partial charge in [-0.3, -0.25) is 9.10 Å². The van der Waals surface area contributed by atoms with Gasteiger partial charge >= 0.3 is 0 Å². The molecule has 5 nitrogen and oxygen atoms in total. The number of nitrogen functional groups attached to an aromatic ring is 1. The van der Waals surface area contributed by atoms with Crippen molar-refractivity contribution in [1.82, 2.24) is 0 Å². The molecular formula is C23H27N3O2S. The molecule has 1 fully saturated rings. The van der Waals surface area contributed by atoms with Crippen molar-refractivity contribution in [1.29, 1.82) is 0 Å². The number of amides is 1. The average molecular weight is 410 g/mol. The molecule has 29 heavy (non-hydrogen) atoms. The second-order valence-corrected chi connectivity index (χ2v) is 8.43. The Bertz CT molecular complexity index is 1020. The van der Waals surface area contributed by atoms with Gasteiger partial charge in [-0.1, -0.05) is 44.5 Å². The van der Waals surface area contributed by atoms with Gasteiger partial charge in [0.05, 0.1) is 0 Å². The largest absolute Gasteiger partial charge is 0.398 e. The van der Waals surface area contributed by atoms with Crippen LogP contribution in [0, 0.1) is 0 Å². The lowest BCUT2D eigenvalue weighted by Crippen LogP contribution is -2.19. The fraction of sp³-hybridized carbons (Fsp3) is 0.261. The number of rotatable bonds is 3. The first kappa shape index (κ1) is 20.9. The number of nitrogens with one attached hydrogen (secondary N) is 1. The fourth-order valence-electron chi connectivity index (χ4n) is 3.21. The number of carbonyl (C=O) groups is 1. The Morgan fingerprint density at radius 1 is 1.03 bits per heavy atom. The van der Waals surface area contributed by atoms with Gasteiger partial charge in [-0.05, 0) is 42.8 Å². The molecule has 0 aromatic heterocycles. The molecule has 1 saturated heterocycles. The molecule has 152 valence electrons. The highest BCUT2D eigenvalue weighted by Gasteiger charge is 2.20. The number of benzene rings is 3. The molecule has 0 aliphatic carbocycles. The molecule has 1 amide bonds. The first-order valence-electron chi connectivity index (χ1n) is 9.89. The Balaban J connectivity index is 0.000000755. The lowest BCUT2D eigenvalue weighted by Gasteiger charge is -2.16. The maximum atomic E-state index is 12.6. The molecule has 1 unspecified atom stereocenters. The highest BCUT2D eigenvalue weighted by molar-refractivity contribution is 7.86. The summed E-state index contributed by atoms with van der Waals surface area (Å²) in [7, 11) is -0.957. The zero-order valence-electron chi connectivity index (χ0n) is 16.9. The van der Waals surface area contributed by atoms with Gasteiger partial charge in [0.25, 0.3) is 5.91 Å². The van der Waals surface area contributed by atoms with E-state index in [2.05, 4.69) is 19.2 Å². The lowest BCUT2D eigenvalue weighted by atomic mass is 10.1. The topological polar surface area (TPSA) is 75.4 Å². The normalized spacial score (nSPS) is 15.7. The minimum Gasteiger partial charge on any atom is -0.398 e. The van der Waals surface area contributed by atoms with Crippen molar-refractivity contribution in [3.05, 3.63) is 66.2 Å². The van der Waals surface area contributed by atoms with Crippen molar-refractivity contribution in [3.63, 3.8) is 0 Å². The molecule has 1 atom stereocenters. The molecule has 0 spiro atoms. The van der Waals surface area contributed by atoms with Gasteiger partial charge in [0.2, 0.25) is 0 Å². The number of anilines is 3. The number of nitrogens with zero attached hydrogens (tertiary/aromatic N) is 1. The van der Waals surface area contributed by atoms with E-state index in [4.69, 9.17) is 5.73 Å². The molecule has 3 N–H and O–H groups in total. The van der Waals surface area contributed by atoms with Crippen LogP contribution in [0.1, 0.15) is 37.0 Å². The van der Waals surface area contributed by atoms with E-state index in [1.807, 2.05) is 52.8 Å². The molecule has 4 rings (SSSR count). The van der Waals surface area contributed by atoms with E-state index >= 15 is 0 Å². The molecule has 1 aliphatic rings. The van der Waals surface area contributed by atoms with Gasteiger partial charge in [-0.15, -0.1) is 0 Å². The molecular weight excluding hydrogens is 382 g/mol. The summed E-state index contributed by atoms with van der Waals surface area (Å²) in [5, 5.41) is 4.78. The maximum absolute atomic E-state index is 12.6. The van der Waals surface area contributed by atoms with E-state index in [1.54, 1.807) is 12.1 Å². The third-order valence-electron chi connectivity index (χ3n) is 4.55. The van der Waals surface area contributed by atoms with Crippen LogP contribution in [0.3, 0.4) is 0 Å². The summed E-state index contributed by atoms with van der Waals surface area (Å²) >= 11 is 0. The van der Waals surface area contributed by atoms with E-state index in [0.717, 1.165) is 35.1 Å². The molecule has 0 bridgehead atoms. The quantitative estimate of drug-likeness (QED) is 0.600. The minimum absolute atomic E-state index is 0.186. The van der Waals surface area contributed by atoms with Gasteiger partial charge in [-0.2, -0.15) is 0 Å². The summed E-state index contributed by atoms with van der Waals surface area (Å²) in [6.45, 7) is 5.04. The smallest absolute Gasteiger partial charge is 0.255 e. The summed E-state index contributed by atoms with van der Waals surface area (Å²) in [5.41, 5.74) is 8.86. The lowest BCUT2D eigenvalue weighted by molar-refractivity contribution is 0.102. The van der Waals surface area contributed by atoms with Gasteiger partial charge in [0.15, 0.2) is 0 Å². The Morgan fingerprint density at radius 2 is 1.69 bits per heavy atom. The summed E-state index contributed by atoms with van der Waals surface area (Å²) in [6, 6.07) is 18.5. The molecule has 1 heterocycles. The number of hydrogen-bond donors (Lipinski definition) is 2. The predicted octanol–water partition coefficient (Wildman–Crippen LogP) is 4.96. The second kappa shape index (κ2) is 9.56. The van der Waals surface area contributed by atoms with Crippen LogP contribution in [0.15, 0.2) is 60.7 Å². The van der Waals surface area contributed by atoms with Crippen LogP contribution < -0.4 is 15.4 Å². The van der Waals surface area contributed by atoms with Gasteiger partial charge < -0.3 is 11.1 Å². The molecule has 3 aromatic rings. The number of nitrogens with two attached hydrogens (primary N) is 1. The predicted molar refractivity (Wildman–Crippen MR) is 124 cm³/mol.